The number of esters is 1. The van der Waals surface area contributed by atoms with Crippen LogP contribution in [0.2, 0.25) is 0 Å². The van der Waals surface area contributed by atoms with Crippen molar-refractivity contribution in [3.05, 3.63) is 12.2 Å². The van der Waals surface area contributed by atoms with Gasteiger partial charge in [0.15, 0.2) is 0 Å². The highest BCUT2D eigenvalue weighted by Gasteiger charge is 2.55. The Balaban J connectivity index is 1.95. The van der Waals surface area contributed by atoms with Crippen molar-refractivity contribution in [1.29, 1.82) is 0 Å². The van der Waals surface area contributed by atoms with Gasteiger partial charge < -0.3 is 4.74 Å². The van der Waals surface area contributed by atoms with Crippen LogP contribution in [-0.4, -0.2) is 12.1 Å². The Kier molecular flexibility index (Phi) is 2.39. The van der Waals surface area contributed by atoms with Gasteiger partial charge in [-0.25, -0.2) is 4.79 Å². The van der Waals surface area contributed by atoms with Crippen LogP contribution in [0.5, 0.6) is 0 Å². The Hall–Kier alpha value is -0.790. The maximum absolute atomic E-state index is 11.7. The predicted octanol–water partition coefficient (Wildman–Crippen LogP) is 3.32. The fraction of sp³-hybridized carbons (Fsp3) is 0.800. The van der Waals surface area contributed by atoms with Crippen LogP contribution in [0.1, 0.15) is 46.0 Å². The fourth-order valence-electron chi connectivity index (χ4n) is 4.65. The molecule has 5 atom stereocenters. The summed E-state index contributed by atoms with van der Waals surface area (Å²) in [7, 11) is 0. The molecule has 0 bridgehead atoms. The average molecular weight is 234 g/mol. The van der Waals surface area contributed by atoms with E-state index >= 15 is 0 Å². The molecule has 0 N–H and O–H groups in total. The molecule has 1 saturated heterocycles. The molecule has 1 heterocycles. The van der Waals surface area contributed by atoms with Crippen LogP contribution in [0.25, 0.3) is 0 Å². The number of carbonyl (C=O) groups is 1. The summed E-state index contributed by atoms with van der Waals surface area (Å²) < 4.78 is 5.64. The van der Waals surface area contributed by atoms with E-state index in [1.165, 1.54) is 25.7 Å². The van der Waals surface area contributed by atoms with Crippen LogP contribution < -0.4 is 0 Å². The van der Waals surface area contributed by atoms with E-state index in [2.05, 4.69) is 20.4 Å². The molecule has 3 aliphatic rings. The van der Waals surface area contributed by atoms with E-state index in [0.29, 0.717) is 23.2 Å². The molecule has 0 spiro atoms. The smallest absolute Gasteiger partial charge is 0.334 e. The second kappa shape index (κ2) is 3.60. The first-order chi connectivity index (χ1) is 8.03. The molecular formula is C15H22O2. The zero-order valence-electron chi connectivity index (χ0n) is 10.9. The molecule has 0 aromatic heterocycles. The Morgan fingerprint density at radius 2 is 2.12 bits per heavy atom. The number of carbonyl (C=O) groups excluding carboxylic acids is 1. The largest absolute Gasteiger partial charge is 0.458 e. The second-order valence-corrected chi connectivity index (χ2v) is 6.59. The normalized spacial score (nSPS) is 49.5. The lowest BCUT2D eigenvalue weighted by Crippen LogP contribution is -2.49. The number of ether oxygens (including phenoxy) is 1. The third-order valence-corrected chi connectivity index (χ3v) is 5.56. The summed E-state index contributed by atoms with van der Waals surface area (Å²) in [6.45, 7) is 8.66. The van der Waals surface area contributed by atoms with E-state index in [1.54, 1.807) is 0 Å². The van der Waals surface area contributed by atoms with Gasteiger partial charge in [-0.2, -0.15) is 0 Å². The summed E-state index contributed by atoms with van der Waals surface area (Å²) in [4.78, 5) is 11.7. The topological polar surface area (TPSA) is 26.3 Å². The van der Waals surface area contributed by atoms with Gasteiger partial charge in [0.05, 0.1) is 0 Å². The quantitative estimate of drug-likeness (QED) is 0.475. The monoisotopic (exact) mass is 234 g/mol. The molecule has 1 aliphatic heterocycles. The van der Waals surface area contributed by atoms with Gasteiger partial charge in [0.1, 0.15) is 6.10 Å². The SMILES string of the molecule is C=C1C(=O)OC2C1CCC1(C)CCCC(C)C21. The molecule has 2 aliphatic carbocycles. The molecule has 17 heavy (non-hydrogen) atoms. The van der Waals surface area contributed by atoms with Gasteiger partial charge in [0.2, 0.25) is 0 Å². The van der Waals surface area contributed by atoms with Crippen molar-refractivity contribution in [2.75, 3.05) is 0 Å². The first-order valence-corrected chi connectivity index (χ1v) is 6.93. The van der Waals surface area contributed by atoms with Crippen molar-refractivity contribution < 1.29 is 9.53 Å². The van der Waals surface area contributed by atoms with Crippen LogP contribution in [0.3, 0.4) is 0 Å². The maximum atomic E-state index is 11.7. The third-order valence-electron chi connectivity index (χ3n) is 5.56. The first kappa shape index (κ1) is 11.3. The lowest BCUT2D eigenvalue weighted by molar-refractivity contribution is -0.151. The van der Waals surface area contributed by atoms with Crippen molar-refractivity contribution in [1.82, 2.24) is 0 Å². The molecule has 0 radical (unpaired) electrons. The van der Waals surface area contributed by atoms with E-state index in [9.17, 15) is 4.79 Å². The predicted molar refractivity (Wildman–Crippen MR) is 66.4 cm³/mol. The van der Waals surface area contributed by atoms with Gasteiger partial charge in [-0.1, -0.05) is 33.3 Å². The molecule has 3 fully saturated rings. The lowest BCUT2D eigenvalue weighted by atomic mass is 9.54. The van der Waals surface area contributed by atoms with Gasteiger partial charge >= 0.3 is 5.97 Å². The van der Waals surface area contributed by atoms with Gasteiger partial charge in [0.25, 0.3) is 0 Å². The maximum Gasteiger partial charge on any atom is 0.334 e. The third kappa shape index (κ3) is 1.49. The highest BCUT2D eigenvalue weighted by Crippen LogP contribution is 2.57. The van der Waals surface area contributed by atoms with Gasteiger partial charge in [-0.15, -0.1) is 0 Å². The standard InChI is InChI=1S/C15H22O2/c1-9-5-4-7-15(3)8-6-11-10(2)14(16)17-13(11)12(9)15/h9,11-13H,2,4-8H2,1,3H3. The Labute approximate surface area is 103 Å². The molecule has 2 saturated carbocycles. The molecule has 0 aromatic rings. The lowest BCUT2D eigenvalue weighted by Gasteiger charge is -2.52. The molecule has 94 valence electrons. The van der Waals surface area contributed by atoms with Crippen molar-refractivity contribution in [3.63, 3.8) is 0 Å². The second-order valence-electron chi connectivity index (χ2n) is 6.59. The summed E-state index contributed by atoms with van der Waals surface area (Å²) in [5.74, 6) is 1.40. The van der Waals surface area contributed by atoms with Crippen LogP contribution in [0.4, 0.5) is 0 Å². The summed E-state index contributed by atoms with van der Waals surface area (Å²) in [6.07, 6.45) is 6.38. The van der Waals surface area contributed by atoms with Crippen molar-refractivity contribution in [2.45, 2.75) is 52.1 Å². The fourth-order valence-corrected chi connectivity index (χ4v) is 4.65. The molecule has 2 heteroatoms. The minimum Gasteiger partial charge on any atom is -0.458 e. The Morgan fingerprint density at radius 3 is 2.88 bits per heavy atom. The Morgan fingerprint density at radius 1 is 1.35 bits per heavy atom. The molecular weight excluding hydrogens is 212 g/mol. The number of hydrogen-bond acceptors (Lipinski definition) is 2. The highest BCUT2D eigenvalue weighted by atomic mass is 16.6. The number of hydrogen-bond donors (Lipinski definition) is 0. The summed E-state index contributed by atoms with van der Waals surface area (Å²) >= 11 is 0. The van der Waals surface area contributed by atoms with E-state index in [4.69, 9.17) is 4.74 Å². The van der Waals surface area contributed by atoms with Crippen molar-refractivity contribution >= 4 is 5.97 Å². The Bertz CT molecular complexity index is 373. The number of fused-ring (bicyclic) bond motifs is 3. The minimum absolute atomic E-state index is 0.129. The van der Waals surface area contributed by atoms with E-state index < -0.39 is 0 Å². The zero-order chi connectivity index (χ0) is 12.2. The van der Waals surface area contributed by atoms with Crippen LogP contribution in [0, 0.1) is 23.2 Å². The van der Waals surface area contributed by atoms with Gasteiger partial charge in [-0.3, -0.25) is 0 Å². The first-order valence-electron chi connectivity index (χ1n) is 6.93. The summed E-state index contributed by atoms with van der Waals surface area (Å²) in [6, 6.07) is 0. The van der Waals surface area contributed by atoms with Crippen LogP contribution >= 0.6 is 0 Å². The molecule has 3 rings (SSSR count). The molecule has 0 aromatic carbocycles. The van der Waals surface area contributed by atoms with E-state index in [-0.39, 0.29) is 12.1 Å². The molecule has 2 nitrogen and oxygen atoms in total. The van der Waals surface area contributed by atoms with E-state index in [0.717, 1.165) is 12.0 Å². The number of rotatable bonds is 0. The van der Waals surface area contributed by atoms with Gasteiger partial charge in [0, 0.05) is 17.4 Å². The van der Waals surface area contributed by atoms with E-state index in [1.807, 2.05) is 0 Å². The van der Waals surface area contributed by atoms with Crippen molar-refractivity contribution in [2.24, 2.45) is 23.2 Å². The summed E-state index contributed by atoms with van der Waals surface area (Å²) in [5.41, 5.74) is 1.12. The average Bonchev–Trinajstić information content (AvgIpc) is 2.54. The van der Waals surface area contributed by atoms with Crippen molar-refractivity contribution in [3.8, 4) is 0 Å². The van der Waals surface area contributed by atoms with Crippen LogP contribution in [-0.2, 0) is 9.53 Å². The highest BCUT2D eigenvalue weighted by molar-refractivity contribution is 5.90. The summed E-state index contributed by atoms with van der Waals surface area (Å²) in [5, 5.41) is 0. The minimum atomic E-state index is -0.137. The van der Waals surface area contributed by atoms with Gasteiger partial charge in [-0.05, 0) is 30.6 Å². The van der Waals surface area contributed by atoms with Crippen LogP contribution in [0.15, 0.2) is 12.2 Å². The molecule has 0 amide bonds. The zero-order valence-corrected chi connectivity index (χ0v) is 10.9. The molecule has 5 unspecified atom stereocenters.